The lowest BCUT2D eigenvalue weighted by atomic mass is 9.99. The monoisotopic (exact) mass is 455 g/mol. The van der Waals surface area contributed by atoms with E-state index in [-0.39, 0.29) is 13.1 Å². The molecule has 30 heavy (non-hydrogen) atoms. The van der Waals surface area contributed by atoms with Crippen LogP contribution in [0.15, 0.2) is 23.2 Å². The number of carbonyl (C=O) groups is 2. The van der Waals surface area contributed by atoms with E-state index in [2.05, 4.69) is 4.99 Å². The highest BCUT2D eigenvalue weighted by Gasteiger charge is 2.30. The predicted molar refractivity (Wildman–Crippen MR) is 113 cm³/mol. The van der Waals surface area contributed by atoms with Crippen LogP contribution in [0.1, 0.15) is 19.8 Å². The van der Waals surface area contributed by atoms with Gasteiger partial charge < -0.3 is 14.0 Å². The van der Waals surface area contributed by atoms with Crippen molar-refractivity contribution >= 4 is 43.5 Å². The Kier molecular flexibility index (Phi) is 6.94. The Bertz CT molecular complexity index is 1120. The van der Waals surface area contributed by atoms with Crippen molar-refractivity contribution in [2.45, 2.75) is 26.3 Å². The fourth-order valence-corrected chi connectivity index (χ4v) is 5.35. The van der Waals surface area contributed by atoms with Crippen LogP contribution in [-0.4, -0.2) is 62.2 Å². The van der Waals surface area contributed by atoms with Gasteiger partial charge in [0.05, 0.1) is 36.1 Å². The summed E-state index contributed by atoms with van der Waals surface area (Å²) in [7, 11) is -2.06. The number of amides is 1. The number of hydrogen-bond acceptors (Lipinski definition) is 7. The van der Waals surface area contributed by atoms with Gasteiger partial charge in [-0.05, 0) is 38.0 Å². The fraction of sp³-hybridized carbons (Fsp3) is 0.526. The predicted octanol–water partition coefficient (Wildman–Crippen LogP) is 1.37. The average molecular weight is 456 g/mol. The lowest BCUT2D eigenvalue weighted by Crippen LogP contribution is -2.41. The first-order chi connectivity index (χ1) is 14.2. The van der Waals surface area contributed by atoms with Crippen LogP contribution in [0.5, 0.6) is 5.75 Å². The Balaban J connectivity index is 1.99. The highest BCUT2D eigenvalue weighted by Crippen LogP contribution is 2.24. The van der Waals surface area contributed by atoms with Gasteiger partial charge in [0.15, 0.2) is 4.80 Å². The molecule has 1 saturated heterocycles. The molecule has 1 fully saturated rings. The Hall–Kier alpha value is -2.24. The van der Waals surface area contributed by atoms with Crippen LogP contribution in [-0.2, 0) is 30.9 Å². The molecule has 1 aliphatic rings. The molecule has 0 N–H and O–H groups in total. The number of carbonyl (C=O) groups excluding carboxylic acids is 2. The number of nitrogens with zero attached hydrogens (tertiary/aromatic N) is 3. The number of esters is 1. The van der Waals surface area contributed by atoms with E-state index in [0.29, 0.717) is 36.5 Å². The summed E-state index contributed by atoms with van der Waals surface area (Å²) >= 11 is 1.27. The van der Waals surface area contributed by atoms with Crippen LogP contribution >= 0.6 is 11.3 Å². The van der Waals surface area contributed by atoms with Gasteiger partial charge in [-0.3, -0.25) is 9.59 Å². The van der Waals surface area contributed by atoms with Crippen LogP contribution in [0.4, 0.5) is 0 Å². The number of thiazole rings is 1. The number of fused-ring (bicyclic) bond motifs is 1. The second-order valence-electron chi connectivity index (χ2n) is 7.02. The number of rotatable bonds is 6. The molecule has 1 amide bonds. The Morgan fingerprint density at radius 1 is 1.33 bits per heavy atom. The summed E-state index contributed by atoms with van der Waals surface area (Å²) in [6, 6.07) is 5.45. The zero-order chi connectivity index (χ0) is 21.9. The zero-order valence-electron chi connectivity index (χ0n) is 17.2. The van der Waals surface area contributed by atoms with E-state index >= 15 is 0 Å². The number of aromatic nitrogens is 1. The average Bonchev–Trinajstić information content (AvgIpc) is 3.03. The first-order valence-electron chi connectivity index (χ1n) is 9.59. The molecule has 1 aliphatic heterocycles. The van der Waals surface area contributed by atoms with Crippen molar-refractivity contribution in [1.29, 1.82) is 0 Å². The molecule has 2 aromatic rings. The lowest BCUT2D eigenvalue weighted by Gasteiger charge is -2.28. The molecule has 0 aliphatic carbocycles. The molecular formula is C19H25N3O6S2. The molecule has 0 spiro atoms. The third-order valence-electron chi connectivity index (χ3n) is 4.89. The number of piperidine rings is 1. The smallest absolute Gasteiger partial charge is 0.325 e. The van der Waals surface area contributed by atoms with E-state index in [1.165, 1.54) is 22.8 Å². The molecule has 2 heterocycles. The number of sulfonamides is 1. The van der Waals surface area contributed by atoms with Crippen LogP contribution in [0.25, 0.3) is 10.2 Å². The van der Waals surface area contributed by atoms with Gasteiger partial charge in [0, 0.05) is 13.1 Å². The number of methoxy groups -OCH3 is 1. The minimum absolute atomic E-state index is 0.0866. The van der Waals surface area contributed by atoms with Crippen molar-refractivity contribution in [2.75, 3.05) is 33.1 Å². The van der Waals surface area contributed by atoms with Gasteiger partial charge >= 0.3 is 5.97 Å². The van der Waals surface area contributed by atoms with E-state index < -0.39 is 27.8 Å². The standard InChI is InChI=1S/C19H25N3O6S2/c1-4-28-14-7-8-15-16(10-14)29-19(22(15)12-17(23)27-2)20-18(24)13-6-5-9-21(11-13)30(3,25)26/h7-8,10,13H,4-6,9,11-12H2,1-3H3. The summed E-state index contributed by atoms with van der Waals surface area (Å²) < 4.78 is 37.8. The van der Waals surface area contributed by atoms with E-state index in [0.717, 1.165) is 16.5 Å². The van der Waals surface area contributed by atoms with Gasteiger partial charge in [0.2, 0.25) is 10.0 Å². The van der Waals surface area contributed by atoms with Gasteiger partial charge in [-0.1, -0.05) is 11.3 Å². The summed E-state index contributed by atoms with van der Waals surface area (Å²) in [6.45, 7) is 2.86. The summed E-state index contributed by atoms with van der Waals surface area (Å²) in [5.74, 6) is -0.674. The quantitative estimate of drug-likeness (QED) is 0.609. The molecule has 0 saturated carbocycles. The molecule has 0 bridgehead atoms. The maximum absolute atomic E-state index is 12.9. The molecule has 1 unspecified atom stereocenters. The molecule has 1 aromatic carbocycles. The maximum atomic E-state index is 12.9. The molecule has 164 valence electrons. The van der Waals surface area contributed by atoms with Crippen molar-refractivity contribution in [2.24, 2.45) is 10.9 Å². The topological polar surface area (TPSA) is 107 Å². The van der Waals surface area contributed by atoms with Crippen LogP contribution in [0, 0.1) is 5.92 Å². The summed E-state index contributed by atoms with van der Waals surface area (Å²) in [5.41, 5.74) is 0.738. The molecule has 0 radical (unpaired) electrons. The lowest BCUT2D eigenvalue weighted by molar-refractivity contribution is -0.141. The Labute approximate surface area is 179 Å². The van der Waals surface area contributed by atoms with Gasteiger partial charge in [-0.15, -0.1) is 0 Å². The molecule has 3 rings (SSSR count). The first kappa shape index (κ1) is 22.4. The molecule has 1 atom stereocenters. The van der Waals surface area contributed by atoms with Crippen molar-refractivity contribution in [1.82, 2.24) is 8.87 Å². The van der Waals surface area contributed by atoms with Crippen LogP contribution in [0.2, 0.25) is 0 Å². The number of ether oxygens (including phenoxy) is 2. The molecule has 9 nitrogen and oxygen atoms in total. The van der Waals surface area contributed by atoms with Crippen molar-refractivity contribution < 1.29 is 27.5 Å². The first-order valence-corrected chi connectivity index (χ1v) is 12.3. The Morgan fingerprint density at radius 2 is 2.10 bits per heavy atom. The van der Waals surface area contributed by atoms with E-state index in [1.54, 1.807) is 10.6 Å². The minimum atomic E-state index is -3.36. The molecule has 1 aromatic heterocycles. The fourth-order valence-electron chi connectivity index (χ4n) is 3.37. The molecule has 11 heteroatoms. The summed E-state index contributed by atoms with van der Waals surface area (Å²) in [4.78, 5) is 29.4. The van der Waals surface area contributed by atoms with Crippen molar-refractivity contribution in [3.8, 4) is 5.75 Å². The van der Waals surface area contributed by atoms with Gasteiger partial charge in [-0.2, -0.15) is 4.99 Å². The maximum Gasteiger partial charge on any atom is 0.325 e. The normalized spacial score (nSPS) is 18.5. The third kappa shape index (κ3) is 5.08. The summed E-state index contributed by atoms with van der Waals surface area (Å²) in [6.07, 6.45) is 2.32. The molecular weight excluding hydrogens is 430 g/mol. The van der Waals surface area contributed by atoms with E-state index in [1.807, 2.05) is 19.1 Å². The largest absolute Gasteiger partial charge is 0.494 e. The van der Waals surface area contributed by atoms with Gasteiger partial charge in [0.1, 0.15) is 12.3 Å². The number of benzene rings is 1. The minimum Gasteiger partial charge on any atom is -0.494 e. The van der Waals surface area contributed by atoms with E-state index in [4.69, 9.17) is 9.47 Å². The highest BCUT2D eigenvalue weighted by atomic mass is 32.2. The Morgan fingerprint density at radius 3 is 2.77 bits per heavy atom. The summed E-state index contributed by atoms with van der Waals surface area (Å²) in [5, 5.41) is 0. The number of hydrogen-bond donors (Lipinski definition) is 0. The SMILES string of the molecule is CCOc1ccc2c(c1)sc(=NC(=O)C1CCCN(S(C)(=O)=O)C1)n2CC(=O)OC. The van der Waals surface area contributed by atoms with Crippen molar-refractivity contribution in [3.05, 3.63) is 23.0 Å². The van der Waals surface area contributed by atoms with Gasteiger partial charge in [-0.25, -0.2) is 12.7 Å². The second-order valence-corrected chi connectivity index (χ2v) is 10.0. The second kappa shape index (κ2) is 9.27. The highest BCUT2D eigenvalue weighted by molar-refractivity contribution is 7.88. The zero-order valence-corrected chi connectivity index (χ0v) is 18.8. The van der Waals surface area contributed by atoms with Crippen molar-refractivity contribution in [3.63, 3.8) is 0 Å². The third-order valence-corrected chi connectivity index (χ3v) is 7.20. The van der Waals surface area contributed by atoms with Crippen LogP contribution < -0.4 is 9.54 Å². The van der Waals surface area contributed by atoms with E-state index in [9.17, 15) is 18.0 Å². The van der Waals surface area contributed by atoms with Crippen LogP contribution in [0.3, 0.4) is 0 Å². The van der Waals surface area contributed by atoms with Gasteiger partial charge in [0.25, 0.3) is 5.91 Å².